The summed E-state index contributed by atoms with van der Waals surface area (Å²) in [6.07, 6.45) is 4.51. The summed E-state index contributed by atoms with van der Waals surface area (Å²) >= 11 is 0. The van der Waals surface area contributed by atoms with Crippen LogP contribution in [-0.4, -0.2) is 55.3 Å². The van der Waals surface area contributed by atoms with Crippen molar-refractivity contribution in [3.05, 3.63) is 12.4 Å². The van der Waals surface area contributed by atoms with Crippen LogP contribution in [0.15, 0.2) is 17.3 Å². The van der Waals surface area contributed by atoms with Gasteiger partial charge < -0.3 is 10.6 Å². The number of hydrogen-bond donors (Lipinski definition) is 2. The van der Waals surface area contributed by atoms with E-state index in [2.05, 4.69) is 14.7 Å². The molecule has 1 aliphatic rings. The van der Waals surface area contributed by atoms with Crippen LogP contribution in [0.3, 0.4) is 0 Å². The number of sulfonamides is 1. The number of nitrogens with one attached hydrogen (secondary N) is 1. The lowest BCUT2D eigenvalue weighted by Crippen LogP contribution is -2.45. The molecule has 1 saturated heterocycles. The van der Waals surface area contributed by atoms with E-state index in [0.717, 1.165) is 32.5 Å². The molecule has 1 aromatic rings. The van der Waals surface area contributed by atoms with E-state index in [9.17, 15) is 8.42 Å². The zero-order valence-corrected chi connectivity index (χ0v) is 11.9. The van der Waals surface area contributed by atoms with Crippen molar-refractivity contribution in [1.29, 1.82) is 0 Å². The average Bonchev–Trinajstić information content (AvgIpc) is 2.79. The molecule has 0 aliphatic carbocycles. The van der Waals surface area contributed by atoms with Gasteiger partial charge in [0, 0.05) is 32.4 Å². The second-order valence-electron chi connectivity index (χ2n) is 4.88. The van der Waals surface area contributed by atoms with E-state index in [0.29, 0.717) is 6.54 Å². The predicted molar refractivity (Wildman–Crippen MR) is 72.0 cm³/mol. The normalized spacial score (nSPS) is 18.8. The molecular weight excluding hydrogens is 266 g/mol. The highest BCUT2D eigenvalue weighted by Gasteiger charge is 2.24. The highest BCUT2D eigenvalue weighted by Crippen LogP contribution is 2.14. The minimum absolute atomic E-state index is 0.000712. The van der Waals surface area contributed by atoms with E-state index in [-0.39, 0.29) is 10.9 Å². The van der Waals surface area contributed by atoms with Gasteiger partial charge in [-0.05, 0) is 25.9 Å². The Kier molecular flexibility index (Phi) is 4.56. The van der Waals surface area contributed by atoms with Crippen molar-refractivity contribution in [2.75, 3.05) is 26.2 Å². The molecule has 1 fully saturated rings. The van der Waals surface area contributed by atoms with E-state index in [4.69, 9.17) is 5.73 Å². The number of hydrogen-bond acceptors (Lipinski definition) is 5. The zero-order chi connectivity index (χ0) is 13.9. The lowest BCUT2D eigenvalue weighted by Gasteiger charge is -2.31. The molecule has 0 aromatic carbocycles. The van der Waals surface area contributed by atoms with Crippen molar-refractivity contribution in [2.45, 2.75) is 23.8 Å². The fraction of sp³-hybridized carbons (Fsp3) is 0.727. The van der Waals surface area contributed by atoms with Gasteiger partial charge in [0.1, 0.15) is 4.90 Å². The highest BCUT2D eigenvalue weighted by molar-refractivity contribution is 7.89. The van der Waals surface area contributed by atoms with E-state index >= 15 is 0 Å². The Bertz CT molecular complexity index is 505. The molecule has 0 unspecified atom stereocenters. The molecular formula is C11H21N5O2S. The second kappa shape index (κ2) is 6.00. The van der Waals surface area contributed by atoms with Gasteiger partial charge in [0.05, 0.1) is 6.20 Å². The summed E-state index contributed by atoms with van der Waals surface area (Å²) < 4.78 is 28.5. The first kappa shape index (κ1) is 14.4. The molecule has 0 bridgehead atoms. The Labute approximate surface area is 113 Å². The van der Waals surface area contributed by atoms with Crippen LogP contribution in [0.5, 0.6) is 0 Å². The molecule has 108 valence electrons. The number of piperidine rings is 1. The van der Waals surface area contributed by atoms with Crippen molar-refractivity contribution < 1.29 is 8.42 Å². The van der Waals surface area contributed by atoms with Crippen LogP contribution in [0.25, 0.3) is 0 Å². The third kappa shape index (κ3) is 3.75. The van der Waals surface area contributed by atoms with Gasteiger partial charge in [0.2, 0.25) is 10.0 Å². The second-order valence-corrected chi connectivity index (χ2v) is 6.59. The maximum atomic E-state index is 12.1. The lowest BCUT2D eigenvalue weighted by molar-refractivity contribution is 0.212. The molecule has 2 heterocycles. The Hall–Kier alpha value is -0.960. The van der Waals surface area contributed by atoms with Crippen LogP contribution >= 0.6 is 0 Å². The molecule has 0 spiro atoms. The van der Waals surface area contributed by atoms with Crippen LogP contribution < -0.4 is 10.5 Å². The van der Waals surface area contributed by atoms with E-state index in [1.54, 1.807) is 7.05 Å². The Balaban J connectivity index is 1.92. The lowest BCUT2D eigenvalue weighted by atomic mass is 10.1. The predicted octanol–water partition coefficient (Wildman–Crippen LogP) is -0.878. The maximum Gasteiger partial charge on any atom is 0.243 e. The van der Waals surface area contributed by atoms with Gasteiger partial charge in [-0.15, -0.1) is 0 Å². The minimum Gasteiger partial charge on any atom is -0.329 e. The van der Waals surface area contributed by atoms with Crippen molar-refractivity contribution in [3.8, 4) is 0 Å². The first-order valence-corrected chi connectivity index (χ1v) is 7.93. The average molecular weight is 287 g/mol. The number of likely N-dealkylation sites (tertiary alicyclic amines) is 1. The van der Waals surface area contributed by atoms with Gasteiger partial charge in [-0.25, -0.2) is 13.1 Å². The molecule has 3 N–H and O–H groups in total. The number of rotatable bonds is 5. The maximum absolute atomic E-state index is 12.1. The van der Waals surface area contributed by atoms with E-state index < -0.39 is 10.0 Å². The molecule has 2 rings (SSSR count). The monoisotopic (exact) mass is 287 g/mol. The van der Waals surface area contributed by atoms with Crippen molar-refractivity contribution in [2.24, 2.45) is 12.8 Å². The van der Waals surface area contributed by atoms with Crippen LogP contribution in [0.1, 0.15) is 12.8 Å². The summed E-state index contributed by atoms with van der Waals surface area (Å²) in [4.78, 5) is 2.48. The Morgan fingerprint density at radius 1 is 1.47 bits per heavy atom. The SMILES string of the molecule is Cn1cc(S(=O)(=O)NC2CCN(CCN)CC2)cn1. The van der Waals surface area contributed by atoms with E-state index in [1.807, 2.05) is 0 Å². The molecule has 19 heavy (non-hydrogen) atoms. The van der Waals surface area contributed by atoms with Gasteiger partial charge in [0.15, 0.2) is 0 Å². The van der Waals surface area contributed by atoms with Crippen molar-refractivity contribution in [3.63, 3.8) is 0 Å². The quantitative estimate of drug-likeness (QED) is 0.734. The number of aryl methyl sites for hydroxylation is 1. The summed E-state index contributed by atoms with van der Waals surface area (Å²) in [5.41, 5.74) is 5.51. The van der Waals surface area contributed by atoms with Crippen LogP contribution in [-0.2, 0) is 17.1 Å². The summed E-state index contributed by atoms with van der Waals surface area (Å²) in [6, 6.07) is -0.000712. The molecule has 0 saturated carbocycles. The van der Waals surface area contributed by atoms with Crippen LogP contribution in [0.2, 0.25) is 0 Å². The Morgan fingerprint density at radius 2 is 2.16 bits per heavy atom. The fourth-order valence-electron chi connectivity index (χ4n) is 2.28. The smallest absolute Gasteiger partial charge is 0.243 e. The van der Waals surface area contributed by atoms with Crippen molar-refractivity contribution >= 4 is 10.0 Å². The summed E-state index contributed by atoms with van der Waals surface area (Å²) in [7, 11) is -1.75. The molecule has 1 aliphatic heterocycles. The topological polar surface area (TPSA) is 93.2 Å². The van der Waals surface area contributed by atoms with Crippen LogP contribution in [0, 0.1) is 0 Å². The first-order chi connectivity index (χ1) is 9.01. The zero-order valence-electron chi connectivity index (χ0n) is 11.1. The Morgan fingerprint density at radius 3 is 2.68 bits per heavy atom. The van der Waals surface area contributed by atoms with Gasteiger partial charge in [-0.2, -0.15) is 5.10 Å². The fourth-order valence-corrected chi connectivity index (χ4v) is 3.57. The standard InChI is InChI=1S/C11H21N5O2S/c1-15-9-11(8-13-15)19(17,18)14-10-2-5-16(6-3-10)7-4-12/h8-10,14H,2-7,12H2,1H3. The molecule has 0 radical (unpaired) electrons. The first-order valence-electron chi connectivity index (χ1n) is 6.44. The highest BCUT2D eigenvalue weighted by atomic mass is 32.2. The summed E-state index contributed by atoms with van der Waals surface area (Å²) in [5.74, 6) is 0. The number of nitrogens with zero attached hydrogens (tertiary/aromatic N) is 3. The molecule has 1 aromatic heterocycles. The van der Waals surface area contributed by atoms with Gasteiger partial charge in [-0.3, -0.25) is 4.68 Å². The van der Waals surface area contributed by atoms with Gasteiger partial charge >= 0.3 is 0 Å². The van der Waals surface area contributed by atoms with Crippen molar-refractivity contribution in [1.82, 2.24) is 19.4 Å². The largest absolute Gasteiger partial charge is 0.329 e. The van der Waals surface area contributed by atoms with Crippen LogP contribution in [0.4, 0.5) is 0 Å². The van der Waals surface area contributed by atoms with E-state index in [1.165, 1.54) is 17.1 Å². The number of nitrogens with two attached hydrogens (primary N) is 1. The molecule has 0 amide bonds. The molecule has 0 atom stereocenters. The minimum atomic E-state index is -3.45. The summed E-state index contributed by atoms with van der Waals surface area (Å²) in [5, 5.41) is 3.89. The third-order valence-electron chi connectivity index (χ3n) is 3.35. The number of aromatic nitrogens is 2. The van der Waals surface area contributed by atoms with Gasteiger partial charge in [0.25, 0.3) is 0 Å². The van der Waals surface area contributed by atoms with Gasteiger partial charge in [-0.1, -0.05) is 0 Å². The molecule has 7 nitrogen and oxygen atoms in total. The molecule has 8 heteroatoms. The third-order valence-corrected chi connectivity index (χ3v) is 4.82. The summed E-state index contributed by atoms with van der Waals surface area (Å²) in [6.45, 7) is 3.29.